The molecule has 2 aromatic carbocycles. The number of aromatic nitrogens is 1. The summed E-state index contributed by atoms with van der Waals surface area (Å²) in [6.45, 7) is 5.83. The van der Waals surface area contributed by atoms with Crippen LogP contribution in [0.2, 0.25) is 0 Å². The fourth-order valence-corrected chi connectivity index (χ4v) is 3.68. The Labute approximate surface area is 181 Å². The van der Waals surface area contributed by atoms with Gasteiger partial charge in [-0.1, -0.05) is 17.3 Å². The molecule has 0 aliphatic carbocycles. The number of hydrogen-bond donors (Lipinski definition) is 1. The van der Waals surface area contributed by atoms with E-state index in [4.69, 9.17) is 14.4 Å². The number of nitrogens with zero attached hydrogens (tertiary/aromatic N) is 2. The van der Waals surface area contributed by atoms with Crippen molar-refractivity contribution in [2.24, 2.45) is 5.14 Å². The molecule has 164 valence electrons. The fourth-order valence-electron chi connectivity index (χ4n) is 3.11. The highest BCUT2D eigenvalue weighted by molar-refractivity contribution is 7.89. The number of benzene rings is 2. The number of aryl methyl sites for hydroxylation is 2. The van der Waals surface area contributed by atoms with E-state index in [1.54, 1.807) is 48.3 Å². The van der Waals surface area contributed by atoms with Gasteiger partial charge in [-0.25, -0.2) is 13.6 Å². The third-order valence-corrected chi connectivity index (χ3v) is 6.15. The molecule has 1 atom stereocenters. The van der Waals surface area contributed by atoms with Crippen LogP contribution in [0, 0.1) is 13.8 Å². The molecular weight excluding hydrogens is 418 g/mol. The predicted molar refractivity (Wildman–Crippen MR) is 115 cm³/mol. The van der Waals surface area contributed by atoms with E-state index in [0.717, 1.165) is 11.3 Å². The van der Waals surface area contributed by atoms with Gasteiger partial charge in [0.25, 0.3) is 5.91 Å². The van der Waals surface area contributed by atoms with Gasteiger partial charge in [0.15, 0.2) is 0 Å². The minimum absolute atomic E-state index is 0.0116. The molecule has 0 spiro atoms. The summed E-state index contributed by atoms with van der Waals surface area (Å²) in [6, 6.07) is 12.7. The van der Waals surface area contributed by atoms with E-state index in [9.17, 15) is 13.2 Å². The first-order chi connectivity index (χ1) is 14.6. The number of carbonyl (C=O) groups excluding carboxylic acids is 1. The van der Waals surface area contributed by atoms with Crippen LogP contribution in [0.5, 0.6) is 5.75 Å². The van der Waals surface area contributed by atoms with Gasteiger partial charge >= 0.3 is 0 Å². The second-order valence-electron chi connectivity index (χ2n) is 7.33. The van der Waals surface area contributed by atoms with Crippen molar-refractivity contribution in [3.8, 4) is 5.75 Å². The monoisotopic (exact) mass is 443 g/mol. The van der Waals surface area contributed by atoms with E-state index in [0.29, 0.717) is 29.2 Å². The quantitative estimate of drug-likeness (QED) is 0.599. The molecule has 8 nitrogen and oxygen atoms in total. The van der Waals surface area contributed by atoms with Gasteiger partial charge < -0.3 is 14.2 Å². The van der Waals surface area contributed by atoms with Gasteiger partial charge in [0.1, 0.15) is 18.1 Å². The van der Waals surface area contributed by atoms with Crippen LogP contribution in [-0.4, -0.2) is 31.4 Å². The number of rotatable bonds is 7. The molecule has 1 unspecified atom stereocenters. The maximum absolute atomic E-state index is 12.9. The minimum Gasteiger partial charge on any atom is -0.489 e. The summed E-state index contributed by atoms with van der Waals surface area (Å²) < 4.78 is 34.1. The zero-order chi connectivity index (χ0) is 22.8. The summed E-state index contributed by atoms with van der Waals surface area (Å²) >= 11 is 0. The molecular formula is C22H25N3O5S. The molecule has 9 heteroatoms. The lowest BCUT2D eigenvalue weighted by Gasteiger charge is -2.26. The summed E-state index contributed by atoms with van der Waals surface area (Å²) in [4.78, 5) is 14.5. The van der Waals surface area contributed by atoms with Crippen LogP contribution in [0.1, 0.15) is 45.9 Å². The summed E-state index contributed by atoms with van der Waals surface area (Å²) in [6.07, 6.45) is 0. The van der Waals surface area contributed by atoms with Crippen molar-refractivity contribution in [3.63, 3.8) is 0 Å². The Morgan fingerprint density at radius 2 is 1.87 bits per heavy atom. The standard InChI is InChI=1S/C22H25N3O5S/c1-14-21(16(3)30-24-14)13-29-19-10-8-17(9-11-19)22(26)25(4)15(2)18-6-5-7-20(12-18)31(23,27)28/h5-12,15H,13H2,1-4H3,(H2,23,27,28). The molecule has 0 aliphatic heterocycles. The van der Waals surface area contributed by atoms with Gasteiger partial charge in [-0.15, -0.1) is 0 Å². The highest BCUT2D eigenvalue weighted by Crippen LogP contribution is 2.24. The second-order valence-corrected chi connectivity index (χ2v) is 8.89. The first-order valence-corrected chi connectivity index (χ1v) is 11.2. The van der Waals surface area contributed by atoms with Gasteiger partial charge in [0, 0.05) is 12.6 Å². The zero-order valence-corrected chi connectivity index (χ0v) is 18.6. The molecule has 3 rings (SSSR count). The van der Waals surface area contributed by atoms with Crippen LogP contribution in [0.4, 0.5) is 0 Å². The maximum atomic E-state index is 12.9. The van der Waals surface area contributed by atoms with Crippen molar-refractivity contribution in [1.29, 1.82) is 0 Å². The molecule has 3 aromatic rings. The zero-order valence-electron chi connectivity index (χ0n) is 17.8. The summed E-state index contributed by atoms with van der Waals surface area (Å²) in [7, 11) is -2.15. The van der Waals surface area contributed by atoms with Gasteiger partial charge in [-0.2, -0.15) is 0 Å². The Bertz CT molecular complexity index is 1170. The Morgan fingerprint density at radius 1 is 1.19 bits per heavy atom. The average molecular weight is 444 g/mol. The molecule has 0 saturated heterocycles. The Balaban J connectivity index is 1.69. The number of primary sulfonamides is 1. The first-order valence-electron chi connectivity index (χ1n) is 9.62. The summed E-state index contributed by atoms with van der Waals surface area (Å²) in [5.41, 5.74) is 2.84. The second kappa shape index (κ2) is 8.91. The van der Waals surface area contributed by atoms with Crippen LogP contribution < -0.4 is 9.88 Å². The third kappa shape index (κ3) is 5.12. The Morgan fingerprint density at radius 3 is 2.45 bits per heavy atom. The lowest BCUT2D eigenvalue weighted by Crippen LogP contribution is -2.29. The van der Waals surface area contributed by atoms with Gasteiger partial charge in [0.2, 0.25) is 10.0 Å². The van der Waals surface area contributed by atoms with Crippen LogP contribution in [0.3, 0.4) is 0 Å². The third-order valence-electron chi connectivity index (χ3n) is 5.24. The molecule has 1 aromatic heterocycles. The number of carbonyl (C=O) groups is 1. The van der Waals surface area contributed by atoms with Crippen molar-refractivity contribution >= 4 is 15.9 Å². The molecule has 2 N–H and O–H groups in total. The molecule has 1 amide bonds. The van der Waals surface area contributed by atoms with E-state index in [2.05, 4.69) is 5.16 Å². The largest absolute Gasteiger partial charge is 0.489 e. The van der Waals surface area contributed by atoms with E-state index < -0.39 is 10.0 Å². The lowest BCUT2D eigenvalue weighted by molar-refractivity contribution is 0.0742. The van der Waals surface area contributed by atoms with E-state index >= 15 is 0 Å². The van der Waals surface area contributed by atoms with E-state index in [1.165, 1.54) is 12.1 Å². The Kier molecular flexibility index (Phi) is 6.47. The number of amides is 1. The maximum Gasteiger partial charge on any atom is 0.254 e. The normalized spacial score (nSPS) is 12.4. The first kappa shape index (κ1) is 22.5. The van der Waals surface area contributed by atoms with Crippen molar-refractivity contribution in [3.05, 3.63) is 76.7 Å². The van der Waals surface area contributed by atoms with E-state index in [1.807, 2.05) is 20.8 Å². The van der Waals surface area contributed by atoms with Crippen molar-refractivity contribution in [2.45, 2.75) is 38.3 Å². The molecule has 31 heavy (non-hydrogen) atoms. The highest BCUT2D eigenvalue weighted by atomic mass is 32.2. The molecule has 0 radical (unpaired) electrons. The fraction of sp³-hybridized carbons (Fsp3) is 0.273. The van der Waals surface area contributed by atoms with Crippen LogP contribution in [-0.2, 0) is 16.6 Å². The van der Waals surface area contributed by atoms with Crippen molar-refractivity contribution in [1.82, 2.24) is 10.1 Å². The van der Waals surface area contributed by atoms with Crippen LogP contribution in [0.25, 0.3) is 0 Å². The summed E-state index contributed by atoms with van der Waals surface area (Å²) in [5.74, 6) is 1.13. The Hall–Kier alpha value is -3.17. The predicted octanol–water partition coefficient (Wildman–Crippen LogP) is 3.35. The van der Waals surface area contributed by atoms with Crippen LogP contribution in [0.15, 0.2) is 57.9 Å². The smallest absolute Gasteiger partial charge is 0.254 e. The van der Waals surface area contributed by atoms with Gasteiger partial charge in [-0.05, 0) is 62.7 Å². The highest BCUT2D eigenvalue weighted by Gasteiger charge is 2.20. The van der Waals surface area contributed by atoms with Gasteiger partial charge in [0.05, 0.1) is 22.2 Å². The molecule has 1 heterocycles. The van der Waals surface area contributed by atoms with Crippen molar-refractivity contribution in [2.75, 3.05) is 7.05 Å². The van der Waals surface area contributed by atoms with E-state index in [-0.39, 0.29) is 16.8 Å². The number of nitrogens with two attached hydrogens (primary N) is 1. The number of sulfonamides is 1. The molecule has 0 fully saturated rings. The average Bonchev–Trinajstić information content (AvgIpc) is 3.07. The summed E-state index contributed by atoms with van der Waals surface area (Å²) in [5, 5.41) is 9.11. The number of hydrogen-bond acceptors (Lipinski definition) is 6. The molecule has 0 saturated carbocycles. The van der Waals surface area contributed by atoms with Crippen molar-refractivity contribution < 1.29 is 22.5 Å². The van der Waals surface area contributed by atoms with Crippen LogP contribution >= 0.6 is 0 Å². The molecule has 0 aliphatic rings. The minimum atomic E-state index is -3.82. The SMILES string of the molecule is Cc1noc(C)c1COc1ccc(C(=O)N(C)C(C)c2cccc(S(N)(=O)=O)c2)cc1. The lowest BCUT2D eigenvalue weighted by atomic mass is 10.1. The van der Waals surface area contributed by atoms with Gasteiger partial charge in [-0.3, -0.25) is 4.79 Å². The number of ether oxygens (including phenoxy) is 1. The molecule has 0 bridgehead atoms. The topological polar surface area (TPSA) is 116 Å².